The zero-order valence-electron chi connectivity index (χ0n) is 16.0. The molecule has 0 atom stereocenters. The van der Waals surface area contributed by atoms with Crippen LogP contribution >= 0.6 is 22.7 Å². The van der Waals surface area contributed by atoms with Crippen molar-refractivity contribution in [3.05, 3.63) is 34.7 Å². The van der Waals surface area contributed by atoms with Crippen molar-refractivity contribution in [1.82, 2.24) is 4.98 Å². The zero-order chi connectivity index (χ0) is 19.8. The van der Waals surface area contributed by atoms with Crippen LogP contribution in [0.2, 0.25) is 0 Å². The predicted molar refractivity (Wildman–Crippen MR) is 112 cm³/mol. The van der Waals surface area contributed by atoms with Gasteiger partial charge in [0.25, 0.3) is 0 Å². The van der Waals surface area contributed by atoms with Gasteiger partial charge in [0.2, 0.25) is 5.91 Å². The highest BCUT2D eigenvalue weighted by atomic mass is 32.1. The fourth-order valence-electron chi connectivity index (χ4n) is 2.52. The fourth-order valence-corrected chi connectivity index (χ4v) is 4.76. The Morgan fingerprint density at radius 3 is 2.52 bits per heavy atom. The number of nitrogens with one attached hydrogen (secondary N) is 1. The first-order valence-electron chi connectivity index (χ1n) is 8.70. The number of esters is 1. The molecule has 1 aromatic carbocycles. The minimum Gasteiger partial charge on any atom is -0.462 e. The monoisotopic (exact) mass is 402 g/mol. The average Bonchev–Trinajstić information content (AvgIpc) is 3.14. The Morgan fingerprint density at radius 1 is 1.19 bits per heavy atom. The molecule has 1 N–H and O–H groups in total. The summed E-state index contributed by atoms with van der Waals surface area (Å²) in [6.07, 6.45) is 0. The van der Waals surface area contributed by atoms with Crippen LogP contribution in [0, 0.1) is 12.3 Å². The molecule has 0 bridgehead atoms. The first-order valence-corrected chi connectivity index (χ1v) is 10.3. The van der Waals surface area contributed by atoms with Gasteiger partial charge in [0.1, 0.15) is 14.9 Å². The summed E-state index contributed by atoms with van der Waals surface area (Å²) in [6.45, 7) is 9.51. The van der Waals surface area contributed by atoms with Crippen LogP contribution in [0.15, 0.2) is 24.3 Å². The maximum Gasteiger partial charge on any atom is 0.348 e. The summed E-state index contributed by atoms with van der Waals surface area (Å²) >= 11 is 2.79. The van der Waals surface area contributed by atoms with E-state index in [-0.39, 0.29) is 11.9 Å². The number of fused-ring (bicyclic) bond motifs is 1. The van der Waals surface area contributed by atoms with Gasteiger partial charge in [-0.15, -0.1) is 22.7 Å². The van der Waals surface area contributed by atoms with Crippen LogP contribution in [0.4, 0.5) is 5.00 Å². The molecule has 2 heterocycles. The number of hydrogen-bond acceptors (Lipinski definition) is 6. The molecule has 27 heavy (non-hydrogen) atoms. The summed E-state index contributed by atoms with van der Waals surface area (Å²) in [7, 11) is 0. The largest absolute Gasteiger partial charge is 0.462 e. The molecular formula is C20H22N2O3S2. The number of carbonyl (C=O) groups excluding carboxylic acids is 2. The second-order valence-corrected chi connectivity index (χ2v) is 9.22. The van der Waals surface area contributed by atoms with Crippen LogP contribution in [-0.2, 0) is 9.53 Å². The lowest BCUT2D eigenvalue weighted by Crippen LogP contribution is -2.27. The number of carbonyl (C=O) groups is 2. The lowest BCUT2D eigenvalue weighted by molar-refractivity contribution is -0.123. The number of ether oxygens (including phenoxy) is 1. The highest BCUT2D eigenvalue weighted by molar-refractivity contribution is 7.23. The van der Waals surface area contributed by atoms with E-state index in [4.69, 9.17) is 9.72 Å². The third-order valence-corrected chi connectivity index (χ3v) is 6.26. The number of thiazole rings is 1. The second kappa shape index (κ2) is 7.40. The number of thiophene rings is 1. The minimum absolute atomic E-state index is 0.110. The standard InChI is InChI=1S/C20H22N2O3S2/c1-6-25-18(23)15-11(2)14(17(27-15)22-19(24)20(3,4)5)16-21-12-9-7-8-10-13(12)26-16/h7-10H,6H2,1-5H3,(H,22,24). The molecular weight excluding hydrogens is 380 g/mol. The van der Waals surface area contributed by atoms with Crippen LogP contribution in [0.1, 0.15) is 42.9 Å². The smallest absolute Gasteiger partial charge is 0.348 e. The summed E-state index contributed by atoms with van der Waals surface area (Å²) in [4.78, 5) is 30.2. The van der Waals surface area contributed by atoms with Crippen LogP contribution < -0.4 is 5.32 Å². The molecule has 0 aliphatic rings. The molecule has 0 aliphatic heterocycles. The molecule has 3 rings (SSSR count). The highest BCUT2D eigenvalue weighted by Crippen LogP contribution is 2.44. The van der Waals surface area contributed by atoms with Crippen molar-refractivity contribution in [2.45, 2.75) is 34.6 Å². The second-order valence-electron chi connectivity index (χ2n) is 7.17. The molecule has 0 saturated heterocycles. The lowest BCUT2D eigenvalue weighted by Gasteiger charge is -2.17. The van der Waals surface area contributed by atoms with E-state index >= 15 is 0 Å². The van der Waals surface area contributed by atoms with Crippen LogP contribution in [-0.4, -0.2) is 23.5 Å². The summed E-state index contributed by atoms with van der Waals surface area (Å²) in [5.41, 5.74) is 1.92. The average molecular weight is 403 g/mol. The molecule has 0 unspecified atom stereocenters. The molecule has 0 aliphatic carbocycles. The minimum atomic E-state index is -0.549. The summed E-state index contributed by atoms with van der Waals surface area (Å²) in [5.74, 6) is -0.486. The number of para-hydroxylation sites is 1. The molecule has 142 valence electrons. The van der Waals surface area contributed by atoms with E-state index in [1.165, 1.54) is 11.3 Å². The summed E-state index contributed by atoms with van der Waals surface area (Å²) in [5, 5.41) is 4.41. The van der Waals surface area contributed by atoms with E-state index < -0.39 is 5.41 Å². The fraction of sp³-hybridized carbons (Fsp3) is 0.350. The zero-order valence-corrected chi connectivity index (χ0v) is 17.6. The third-order valence-electron chi connectivity index (χ3n) is 4.02. The van der Waals surface area contributed by atoms with Crippen LogP contribution in [0.5, 0.6) is 0 Å². The van der Waals surface area contributed by atoms with Gasteiger partial charge in [-0.05, 0) is 31.5 Å². The van der Waals surface area contributed by atoms with Gasteiger partial charge in [0.15, 0.2) is 0 Å². The number of nitrogens with zero attached hydrogens (tertiary/aromatic N) is 1. The van der Waals surface area contributed by atoms with Crippen molar-refractivity contribution < 1.29 is 14.3 Å². The van der Waals surface area contributed by atoms with E-state index in [9.17, 15) is 9.59 Å². The van der Waals surface area contributed by atoms with E-state index in [0.29, 0.717) is 16.5 Å². The van der Waals surface area contributed by atoms with Gasteiger partial charge in [-0.25, -0.2) is 9.78 Å². The van der Waals surface area contributed by atoms with Gasteiger partial charge in [-0.3, -0.25) is 4.79 Å². The van der Waals surface area contributed by atoms with E-state index in [1.54, 1.807) is 18.3 Å². The predicted octanol–water partition coefficient (Wildman–Crippen LogP) is 5.49. The quantitative estimate of drug-likeness (QED) is 0.586. The van der Waals surface area contributed by atoms with Gasteiger partial charge < -0.3 is 10.1 Å². The normalized spacial score (nSPS) is 11.6. The summed E-state index contributed by atoms with van der Waals surface area (Å²) < 4.78 is 6.25. The maximum absolute atomic E-state index is 12.6. The van der Waals surface area contributed by atoms with Crippen LogP contribution in [0.3, 0.4) is 0 Å². The molecule has 3 aromatic rings. The van der Waals surface area contributed by atoms with Gasteiger partial charge in [0.05, 0.1) is 16.8 Å². The molecule has 0 radical (unpaired) electrons. The van der Waals surface area contributed by atoms with Gasteiger partial charge in [0, 0.05) is 11.0 Å². The van der Waals surface area contributed by atoms with Crippen molar-refractivity contribution in [2.75, 3.05) is 11.9 Å². The van der Waals surface area contributed by atoms with E-state index in [0.717, 1.165) is 26.4 Å². The van der Waals surface area contributed by atoms with Crippen molar-refractivity contribution in [1.29, 1.82) is 0 Å². The Morgan fingerprint density at radius 2 is 1.89 bits per heavy atom. The molecule has 0 saturated carbocycles. The van der Waals surface area contributed by atoms with Crippen molar-refractivity contribution in [2.24, 2.45) is 5.41 Å². The molecule has 0 spiro atoms. The Hall–Kier alpha value is -2.25. The van der Waals surface area contributed by atoms with Gasteiger partial charge >= 0.3 is 5.97 Å². The van der Waals surface area contributed by atoms with Crippen LogP contribution in [0.25, 0.3) is 20.8 Å². The molecule has 2 aromatic heterocycles. The number of rotatable bonds is 4. The number of benzene rings is 1. The number of anilines is 1. The number of hydrogen-bond donors (Lipinski definition) is 1. The molecule has 7 heteroatoms. The Kier molecular flexibility index (Phi) is 5.35. The lowest BCUT2D eigenvalue weighted by atomic mass is 9.96. The van der Waals surface area contributed by atoms with Crippen molar-refractivity contribution >= 4 is 49.8 Å². The number of amides is 1. The summed E-state index contributed by atoms with van der Waals surface area (Å²) in [6, 6.07) is 7.88. The molecule has 0 fully saturated rings. The van der Waals surface area contributed by atoms with Crippen molar-refractivity contribution in [3.63, 3.8) is 0 Å². The Labute approximate surface area is 166 Å². The SMILES string of the molecule is CCOC(=O)c1sc(NC(=O)C(C)(C)C)c(-c2nc3ccccc3s2)c1C. The third kappa shape index (κ3) is 3.89. The van der Waals surface area contributed by atoms with Crippen molar-refractivity contribution in [3.8, 4) is 10.6 Å². The van der Waals surface area contributed by atoms with E-state index in [1.807, 2.05) is 52.0 Å². The Bertz CT molecular complexity index is 979. The number of aromatic nitrogens is 1. The molecule has 5 nitrogen and oxygen atoms in total. The van der Waals surface area contributed by atoms with E-state index in [2.05, 4.69) is 5.32 Å². The Balaban J connectivity index is 2.14. The maximum atomic E-state index is 12.6. The first kappa shape index (κ1) is 19.5. The first-order chi connectivity index (χ1) is 12.7. The topological polar surface area (TPSA) is 68.3 Å². The van der Waals surface area contributed by atoms with Gasteiger partial charge in [-0.1, -0.05) is 32.9 Å². The van der Waals surface area contributed by atoms with Gasteiger partial charge in [-0.2, -0.15) is 0 Å². The molecule has 1 amide bonds. The highest BCUT2D eigenvalue weighted by Gasteiger charge is 2.28.